The Hall–Kier alpha value is -3.44. The van der Waals surface area contributed by atoms with Crippen molar-refractivity contribution in [2.24, 2.45) is 0 Å². The molecule has 0 aliphatic carbocycles. The Balaban J connectivity index is 2.75. The second-order valence-electron chi connectivity index (χ2n) is 8.49. The zero-order valence-electron chi connectivity index (χ0n) is 18.4. The van der Waals surface area contributed by atoms with E-state index in [9.17, 15) is 19.7 Å². The van der Waals surface area contributed by atoms with E-state index in [1.54, 1.807) is 41.5 Å². The first-order chi connectivity index (χ1) is 14.1. The first kappa shape index (κ1) is 23.8. The van der Waals surface area contributed by atoms with Crippen molar-refractivity contribution in [2.75, 3.05) is 11.9 Å². The van der Waals surface area contributed by atoms with Gasteiger partial charge in [0.15, 0.2) is 11.6 Å². The minimum absolute atomic E-state index is 0.0626. The van der Waals surface area contributed by atoms with Gasteiger partial charge in [-0.2, -0.15) is 4.68 Å². The molecule has 0 atom stereocenters. The molecule has 0 bridgehead atoms. The number of carbonyl (C=O) groups is 2. The Bertz CT molecular complexity index is 1030. The Morgan fingerprint density at radius 2 is 1.77 bits per heavy atom. The van der Waals surface area contributed by atoms with E-state index < -0.39 is 51.1 Å². The minimum Gasteiger partial charge on any atom is -0.485 e. The maximum Gasteiger partial charge on any atom is 0.435 e. The van der Waals surface area contributed by atoms with Gasteiger partial charge in [0.25, 0.3) is 0 Å². The molecule has 1 amide bonds. The van der Waals surface area contributed by atoms with E-state index in [0.29, 0.717) is 4.68 Å². The number of anilines is 1. The number of carbonyl (C=O) groups excluding carboxylic acids is 2. The van der Waals surface area contributed by atoms with Crippen molar-refractivity contribution >= 4 is 34.6 Å². The van der Waals surface area contributed by atoms with Gasteiger partial charge in [0.1, 0.15) is 16.7 Å². The van der Waals surface area contributed by atoms with Crippen LogP contribution < -0.4 is 10.1 Å². The molecule has 0 saturated carbocycles. The zero-order chi connectivity index (χ0) is 23.7. The van der Waals surface area contributed by atoms with Crippen molar-refractivity contribution in [2.45, 2.75) is 59.7 Å². The van der Waals surface area contributed by atoms with Gasteiger partial charge in [-0.15, -0.1) is 5.10 Å². The molecule has 0 fully saturated rings. The summed E-state index contributed by atoms with van der Waals surface area (Å²) < 4.78 is 31.4. The number of nitro groups is 1. The topological polar surface area (TPSA) is 135 Å². The van der Waals surface area contributed by atoms with Gasteiger partial charge in [-0.05, 0) is 48.5 Å². The number of halogens is 1. The number of fused-ring (bicyclic) bond motifs is 1. The van der Waals surface area contributed by atoms with Crippen molar-refractivity contribution in [1.82, 2.24) is 9.78 Å². The first-order valence-corrected chi connectivity index (χ1v) is 9.40. The number of nitrogens with one attached hydrogen (secondary N) is 1. The lowest BCUT2D eigenvalue weighted by Crippen LogP contribution is -2.29. The van der Waals surface area contributed by atoms with Crippen LogP contribution in [0, 0.1) is 15.9 Å². The molecule has 1 heterocycles. The molecule has 1 aromatic carbocycles. The van der Waals surface area contributed by atoms with Gasteiger partial charge in [-0.3, -0.25) is 15.4 Å². The van der Waals surface area contributed by atoms with Crippen LogP contribution in [0.15, 0.2) is 6.07 Å². The SMILES string of the molecule is CCOc1c([N+](=O)[O-])cc2c(NC(=O)OC(C)(C)C)nn(C(=O)OC(C)(C)C)c2c1F. The van der Waals surface area contributed by atoms with E-state index in [1.165, 1.54) is 6.92 Å². The van der Waals surface area contributed by atoms with Gasteiger partial charge in [-0.1, -0.05) is 0 Å². The number of aromatic nitrogens is 2. The number of rotatable bonds is 4. The lowest BCUT2D eigenvalue weighted by Gasteiger charge is -2.19. The summed E-state index contributed by atoms with van der Waals surface area (Å²) in [6.07, 6.45) is -2.00. The van der Waals surface area contributed by atoms with Crippen LogP contribution in [0.2, 0.25) is 0 Å². The number of nitro benzene ring substituents is 1. The molecule has 12 heteroatoms. The summed E-state index contributed by atoms with van der Waals surface area (Å²) in [5.41, 5.74) is -2.93. The fraction of sp³-hybridized carbons (Fsp3) is 0.526. The molecule has 0 radical (unpaired) electrons. The molecular formula is C19H25FN4O7. The summed E-state index contributed by atoms with van der Waals surface area (Å²) >= 11 is 0. The van der Waals surface area contributed by atoms with Crippen LogP contribution in [-0.4, -0.2) is 44.7 Å². The second-order valence-corrected chi connectivity index (χ2v) is 8.49. The third-order valence-electron chi connectivity index (χ3n) is 3.51. The standard InChI is InChI=1S/C19H25FN4O7/c1-8-29-14-11(24(27)28)9-10-13(12(14)20)23(17(26)31-19(5,6)7)22-15(10)21-16(25)30-18(2,3)4/h9H,8H2,1-7H3,(H,21,22,25). The van der Waals surface area contributed by atoms with E-state index in [-0.39, 0.29) is 17.8 Å². The van der Waals surface area contributed by atoms with Crippen molar-refractivity contribution in [3.63, 3.8) is 0 Å². The molecule has 0 unspecified atom stereocenters. The van der Waals surface area contributed by atoms with Crippen LogP contribution in [0.3, 0.4) is 0 Å². The first-order valence-electron chi connectivity index (χ1n) is 9.40. The Morgan fingerprint density at radius 1 is 1.19 bits per heavy atom. The maximum atomic E-state index is 15.3. The minimum atomic E-state index is -1.19. The Morgan fingerprint density at radius 3 is 2.26 bits per heavy atom. The summed E-state index contributed by atoms with van der Waals surface area (Å²) in [6.45, 7) is 11.1. The molecule has 0 saturated heterocycles. The van der Waals surface area contributed by atoms with Crippen LogP contribution in [0.5, 0.6) is 5.75 Å². The highest BCUT2D eigenvalue weighted by Gasteiger charge is 2.32. The summed E-state index contributed by atoms with van der Waals surface area (Å²) in [7, 11) is 0. The summed E-state index contributed by atoms with van der Waals surface area (Å²) in [5, 5.41) is 17.5. The molecule has 0 spiro atoms. The van der Waals surface area contributed by atoms with Gasteiger partial charge in [0, 0.05) is 6.07 Å². The summed E-state index contributed by atoms with van der Waals surface area (Å²) in [4.78, 5) is 35.5. The normalized spacial score (nSPS) is 11.9. The summed E-state index contributed by atoms with van der Waals surface area (Å²) in [6, 6.07) is 0.962. The van der Waals surface area contributed by atoms with Crippen LogP contribution in [0.4, 0.5) is 25.5 Å². The zero-order valence-corrected chi connectivity index (χ0v) is 18.4. The molecule has 31 heavy (non-hydrogen) atoms. The van der Waals surface area contributed by atoms with Crippen LogP contribution >= 0.6 is 0 Å². The molecule has 0 aliphatic heterocycles. The molecule has 170 valence electrons. The highest BCUT2D eigenvalue weighted by molar-refractivity contribution is 6.02. The highest BCUT2D eigenvalue weighted by atomic mass is 19.1. The molecule has 11 nitrogen and oxygen atoms in total. The number of ether oxygens (including phenoxy) is 3. The average Bonchev–Trinajstić information content (AvgIpc) is 2.92. The van der Waals surface area contributed by atoms with Gasteiger partial charge < -0.3 is 14.2 Å². The van der Waals surface area contributed by atoms with Crippen molar-refractivity contribution in [3.8, 4) is 5.75 Å². The Labute approximate surface area is 177 Å². The van der Waals surface area contributed by atoms with E-state index in [4.69, 9.17) is 14.2 Å². The van der Waals surface area contributed by atoms with Gasteiger partial charge in [-0.25, -0.2) is 14.0 Å². The number of nitrogens with zero attached hydrogens (tertiary/aromatic N) is 3. The smallest absolute Gasteiger partial charge is 0.435 e. The number of hydrogen-bond donors (Lipinski definition) is 1. The molecule has 2 rings (SSSR count). The molecule has 2 aromatic rings. The quantitative estimate of drug-likeness (QED) is 0.538. The van der Waals surface area contributed by atoms with Crippen molar-refractivity contribution in [1.29, 1.82) is 0 Å². The van der Waals surface area contributed by atoms with Crippen LogP contribution in [0.25, 0.3) is 10.9 Å². The molecule has 0 aliphatic rings. The third-order valence-corrected chi connectivity index (χ3v) is 3.51. The molecule has 1 N–H and O–H groups in total. The second kappa shape index (κ2) is 8.36. The third kappa shape index (κ3) is 5.58. The van der Waals surface area contributed by atoms with Crippen molar-refractivity contribution in [3.05, 3.63) is 22.0 Å². The number of amides is 1. The van der Waals surface area contributed by atoms with Crippen LogP contribution in [-0.2, 0) is 9.47 Å². The van der Waals surface area contributed by atoms with E-state index in [2.05, 4.69) is 10.4 Å². The lowest BCUT2D eigenvalue weighted by molar-refractivity contribution is -0.385. The monoisotopic (exact) mass is 440 g/mol. The number of hydrogen-bond acceptors (Lipinski definition) is 8. The van der Waals surface area contributed by atoms with Gasteiger partial charge in [0.2, 0.25) is 5.75 Å². The van der Waals surface area contributed by atoms with Crippen LogP contribution in [0.1, 0.15) is 48.5 Å². The van der Waals surface area contributed by atoms with E-state index >= 15 is 4.39 Å². The lowest BCUT2D eigenvalue weighted by atomic mass is 10.2. The van der Waals surface area contributed by atoms with Gasteiger partial charge in [0.05, 0.1) is 16.9 Å². The van der Waals surface area contributed by atoms with Gasteiger partial charge >= 0.3 is 17.9 Å². The predicted octanol–water partition coefficient (Wildman–Crippen LogP) is 4.61. The summed E-state index contributed by atoms with van der Waals surface area (Å²) in [5.74, 6) is -2.17. The van der Waals surface area contributed by atoms with E-state index in [1.807, 2.05) is 0 Å². The fourth-order valence-corrected chi connectivity index (χ4v) is 2.55. The largest absolute Gasteiger partial charge is 0.485 e. The Kier molecular flexibility index (Phi) is 6.43. The number of benzene rings is 1. The average molecular weight is 440 g/mol. The molecular weight excluding hydrogens is 415 g/mol. The van der Waals surface area contributed by atoms with Crippen molar-refractivity contribution < 1.29 is 33.1 Å². The maximum absolute atomic E-state index is 15.3. The predicted molar refractivity (Wildman–Crippen MR) is 109 cm³/mol. The highest BCUT2D eigenvalue weighted by Crippen LogP contribution is 2.39. The molecule has 1 aromatic heterocycles. The fourth-order valence-electron chi connectivity index (χ4n) is 2.55. The van der Waals surface area contributed by atoms with E-state index in [0.717, 1.165) is 6.07 Å².